The van der Waals surface area contributed by atoms with Crippen LogP contribution in [0.25, 0.3) is 44.0 Å². The third-order valence-electron chi connectivity index (χ3n) is 17.1. The number of phenolic OH excluding ortho intramolecular Hbond substituents is 1. The summed E-state index contributed by atoms with van der Waals surface area (Å²) in [6.07, 6.45) is 10.6. The van der Waals surface area contributed by atoms with Crippen LogP contribution in [0.5, 0.6) is 11.8 Å². The Balaban J connectivity index is 0.668. The summed E-state index contributed by atoms with van der Waals surface area (Å²) < 4.78 is 45.8. The first-order chi connectivity index (χ1) is 35.1. The minimum Gasteiger partial charge on any atom is -0.508 e. The fourth-order valence-electron chi connectivity index (χ4n) is 13.1. The Kier molecular flexibility index (Phi) is 12.0. The van der Waals surface area contributed by atoms with Gasteiger partial charge in [0.15, 0.2) is 11.4 Å². The standard InChI is InChI=1S/C55H63F2N9O7/c1-3-37-40(56)7-5-34-23-36(67)25-38(45(34)37)47-46(57)48-39(28-58-47)49(65-16-4-11-53(2,71)30-65)61-51(60-48)72-32-55(12-13-55)31-63-17-14-54(15-18-63)26-33(27-54)29-62-19-21-64(22-20-62)35-6-8-41-43(24-35)73-52(70)66(41)42-9-10-44(68)59-50(42)69/h5-8,23-25,28,33,42,67,71H,3-4,9-22,26-27,29-32H2,1-2H3,(H,59,68,69)/t42?,53-/m1/s1. The monoisotopic (exact) mass is 999 g/mol. The summed E-state index contributed by atoms with van der Waals surface area (Å²) in [5.41, 5.74) is 2.01. The predicted octanol–water partition coefficient (Wildman–Crippen LogP) is 7.10. The molecule has 3 aromatic heterocycles. The molecule has 1 unspecified atom stereocenters. The molecule has 2 aliphatic carbocycles. The summed E-state index contributed by atoms with van der Waals surface area (Å²) in [5.74, 6) is -1.48. The molecule has 6 fully saturated rings. The van der Waals surface area contributed by atoms with Crippen LogP contribution in [0.15, 0.2) is 57.9 Å². The van der Waals surface area contributed by atoms with Crippen molar-refractivity contribution in [2.45, 2.75) is 96.1 Å². The Morgan fingerprint density at radius 2 is 1.70 bits per heavy atom. The van der Waals surface area contributed by atoms with Gasteiger partial charge in [-0.2, -0.15) is 9.97 Å². The number of β-amino-alcohol motifs (C(OH)–C–C–N with tert-alkyl or cyclic N) is 1. The van der Waals surface area contributed by atoms with E-state index in [2.05, 4.69) is 25.0 Å². The maximum absolute atomic E-state index is 17.2. The van der Waals surface area contributed by atoms with E-state index in [1.165, 1.54) is 48.6 Å². The highest BCUT2D eigenvalue weighted by Gasteiger charge is 2.50. The van der Waals surface area contributed by atoms with E-state index in [0.29, 0.717) is 82.5 Å². The number of aromatic nitrogens is 4. The quantitative estimate of drug-likeness (QED) is 0.106. The third-order valence-corrected chi connectivity index (χ3v) is 17.1. The van der Waals surface area contributed by atoms with E-state index < -0.39 is 34.9 Å². The average molecular weight is 1000 g/mol. The van der Waals surface area contributed by atoms with E-state index in [9.17, 15) is 24.6 Å². The molecule has 2 amide bonds. The predicted molar refractivity (Wildman–Crippen MR) is 272 cm³/mol. The smallest absolute Gasteiger partial charge is 0.420 e. The van der Waals surface area contributed by atoms with Crippen molar-refractivity contribution >= 4 is 56.1 Å². The summed E-state index contributed by atoms with van der Waals surface area (Å²) in [5, 5.41) is 25.6. The second kappa shape index (κ2) is 18.3. The second-order valence-corrected chi connectivity index (χ2v) is 22.5. The zero-order valence-corrected chi connectivity index (χ0v) is 41.6. The minimum atomic E-state index is -0.965. The molecule has 7 heterocycles. The molecular formula is C55H63F2N9O7. The number of halogens is 2. The van der Waals surface area contributed by atoms with Crippen LogP contribution in [0.1, 0.15) is 89.7 Å². The van der Waals surface area contributed by atoms with Gasteiger partial charge < -0.3 is 34.1 Å². The van der Waals surface area contributed by atoms with Gasteiger partial charge in [-0.3, -0.25) is 29.4 Å². The first-order valence-corrected chi connectivity index (χ1v) is 26.2. The van der Waals surface area contributed by atoms with Gasteiger partial charge in [0.25, 0.3) is 0 Å². The summed E-state index contributed by atoms with van der Waals surface area (Å²) >= 11 is 0. The number of hydrogen-bond donors (Lipinski definition) is 3. The number of phenols is 1. The molecule has 6 aromatic rings. The topological polar surface area (TPSA) is 183 Å². The number of aromatic hydroxyl groups is 1. The van der Waals surface area contributed by atoms with E-state index in [0.717, 1.165) is 77.3 Å². The lowest BCUT2D eigenvalue weighted by Crippen LogP contribution is -2.53. The van der Waals surface area contributed by atoms with E-state index in [1.54, 1.807) is 19.1 Å². The molecular weight excluding hydrogens is 937 g/mol. The number of carbonyl (C=O) groups excluding carboxylic acids is 2. The molecule has 4 aliphatic heterocycles. The fraction of sp³-hybridized carbons (Fsp3) is 0.527. The maximum Gasteiger partial charge on any atom is 0.420 e. The number of oxazole rings is 1. The zero-order chi connectivity index (χ0) is 50.4. The number of rotatable bonds is 12. The number of pyridine rings is 1. The summed E-state index contributed by atoms with van der Waals surface area (Å²) in [7, 11) is 0. The van der Waals surface area contributed by atoms with Gasteiger partial charge in [0.2, 0.25) is 11.8 Å². The largest absolute Gasteiger partial charge is 0.508 e. The average Bonchev–Trinajstić information content (AvgIpc) is 4.05. The normalized spacial score (nSPS) is 23.7. The van der Waals surface area contributed by atoms with Crippen LogP contribution < -0.4 is 25.6 Å². The van der Waals surface area contributed by atoms with E-state index in [1.807, 2.05) is 30.0 Å². The summed E-state index contributed by atoms with van der Waals surface area (Å²) in [6, 6.07) is 10.9. The number of carbonyl (C=O) groups is 2. The van der Waals surface area contributed by atoms with Crippen LogP contribution in [0.4, 0.5) is 20.3 Å². The highest BCUT2D eigenvalue weighted by Crippen LogP contribution is 2.54. The molecule has 2 saturated carbocycles. The number of aryl methyl sites for hydroxylation is 1. The SMILES string of the molecule is CCc1c(F)ccc2cc(O)cc(-c3ncc4c(N5CCC[C@@](C)(O)C5)nc(OCC5(CN6CCC7(CC6)CC(CN6CCN(c8ccc9c(c8)oc(=O)n9C8CCC(=O)NC8=O)CC6)C7)CC5)nc4c3F)c12. The Hall–Kier alpha value is -6.24. The molecule has 0 radical (unpaired) electrons. The Bertz CT molecular complexity index is 3220. The number of fused-ring (bicyclic) bond motifs is 3. The van der Waals surface area contributed by atoms with Gasteiger partial charge in [0.05, 0.1) is 23.1 Å². The van der Waals surface area contributed by atoms with Crippen molar-refractivity contribution in [1.29, 1.82) is 0 Å². The number of hydrogen-bond acceptors (Lipinski definition) is 14. The Labute approximate surface area is 421 Å². The van der Waals surface area contributed by atoms with Crippen molar-refractivity contribution in [3.63, 3.8) is 0 Å². The molecule has 3 N–H and O–H groups in total. The van der Waals surface area contributed by atoms with E-state index in [4.69, 9.17) is 19.1 Å². The number of anilines is 2. The van der Waals surface area contributed by atoms with Crippen molar-refractivity contribution < 1.29 is 37.7 Å². The number of likely N-dealkylation sites (tertiary alicyclic amines) is 1. The number of imide groups is 1. The van der Waals surface area contributed by atoms with Gasteiger partial charge in [0, 0.05) is 87.7 Å². The summed E-state index contributed by atoms with van der Waals surface area (Å²) in [4.78, 5) is 60.7. The second-order valence-electron chi connectivity index (χ2n) is 22.5. The number of piperazine rings is 1. The number of nitrogens with one attached hydrogen (secondary N) is 1. The van der Waals surface area contributed by atoms with Gasteiger partial charge in [-0.15, -0.1) is 0 Å². The van der Waals surface area contributed by atoms with Crippen LogP contribution in [-0.4, -0.2) is 129 Å². The van der Waals surface area contributed by atoms with Gasteiger partial charge in [0.1, 0.15) is 34.6 Å². The van der Waals surface area contributed by atoms with Crippen molar-refractivity contribution in [1.82, 2.24) is 34.6 Å². The van der Waals surface area contributed by atoms with Crippen molar-refractivity contribution in [3.8, 4) is 23.0 Å². The van der Waals surface area contributed by atoms with Gasteiger partial charge >= 0.3 is 11.8 Å². The number of ether oxygens (including phenoxy) is 1. The maximum atomic E-state index is 17.2. The van der Waals surface area contributed by atoms with Crippen LogP contribution in [0, 0.1) is 28.4 Å². The Morgan fingerprint density at radius 3 is 2.44 bits per heavy atom. The first kappa shape index (κ1) is 47.7. The van der Waals surface area contributed by atoms with Gasteiger partial charge in [-0.25, -0.2) is 13.6 Å². The number of nitrogens with zero attached hydrogens (tertiary/aromatic N) is 8. The van der Waals surface area contributed by atoms with Crippen LogP contribution >= 0.6 is 0 Å². The first-order valence-electron chi connectivity index (χ1n) is 26.2. The molecule has 16 nitrogen and oxygen atoms in total. The van der Waals surface area contributed by atoms with E-state index >= 15 is 8.78 Å². The molecule has 4 saturated heterocycles. The molecule has 1 spiro atoms. The van der Waals surface area contributed by atoms with Crippen LogP contribution in [0.3, 0.4) is 0 Å². The molecule has 73 heavy (non-hydrogen) atoms. The van der Waals surface area contributed by atoms with Crippen LogP contribution in [0.2, 0.25) is 0 Å². The fourth-order valence-corrected chi connectivity index (χ4v) is 13.1. The number of amides is 2. The molecule has 12 rings (SSSR count). The minimum absolute atomic E-state index is 0.0151. The lowest BCUT2D eigenvalue weighted by atomic mass is 9.57. The van der Waals surface area contributed by atoms with E-state index in [-0.39, 0.29) is 52.7 Å². The highest BCUT2D eigenvalue weighted by molar-refractivity contribution is 6.02. The van der Waals surface area contributed by atoms with Gasteiger partial charge in [-0.1, -0.05) is 13.0 Å². The third kappa shape index (κ3) is 9.06. The van der Waals surface area contributed by atoms with Gasteiger partial charge in [-0.05, 0) is 142 Å². The molecule has 0 bridgehead atoms. The molecule has 2 atom stereocenters. The summed E-state index contributed by atoms with van der Waals surface area (Å²) in [6.45, 7) is 12.7. The highest BCUT2D eigenvalue weighted by atomic mass is 19.1. The Morgan fingerprint density at radius 1 is 0.904 bits per heavy atom. The number of benzene rings is 3. The molecule has 18 heteroatoms. The molecule has 384 valence electrons. The van der Waals surface area contributed by atoms with Crippen molar-refractivity contribution in [3.05, 3.63) is 76.4 Å². The molecule has 6 aliphatic rings. The lowest BCUT2D eigenvalue weighted by Gasteiger charge is -2.54. The lowest BCUT2D eigenvalue weighted by molar-refractivity contribution is -0.135. The van der Waals surface area contributed by atoms with Crippen molar-refractivity contribution in [2.75, 3.05) is 81.9 Å². The number of piperidine rings is 3. The van der Waals surface area contributed by atoms with Crippen molar-refractivity contribution in [2.24, 2.45) is 16.7 Å². The zero-order valence-electron chi connectivity index (χ0n) is 41.6. The molecule has 3 aromatic carbocycles. The number of aliphatic hydroxyl groups is 1. The van der Waals surface area contributed by atoms with Crippen LogP contribution in [-0.2, 0) is 16.0 Å².